The Morgan fingerprint density at radius 2 is 2.00 bits per heavy atom. The molecule has 1 aliphatic rings. The highest BCUT2D eigenvalue weighted by Crippen LogP contribution is 2.54. The molecule has 13 heavy (non-hydrogen) atoms. The fourth-order valence-electron chi connectivity index (χ4n) is 1.69. The minimum absolute atomic E-state index is 0.187. The van der Waals surface area contributed by atoms with E-state index in [1.807, 2.05) is 6.92 Å². The second kappa shape index (κ2) is 3.77. The van der Waals surface area contributed by atoms with E-state index in [1.165, 1.54) is 19.1 Å². The van der Waals surface area contributed by atoms with Gasteiger partial charge in [-0.25, -0.2) is 8.42 Å². The van der Waals surface area contributed by atoms with Crippen LogP contribution in [0.2, 0.25) is 0 Å². The Bertz CT molecular complexity index is 265. The minimum atomic E-state index is -2.79. The fourth-order valence-corrected chi connectivity index (χ4v) is 2.69. The molecule has 0 aromatic rings. The molecule has 1 rings (SSSR count). The lowest BCUT2D eigenvalue weighted by Crippen LogP contribution is -2.14. The SMILES string of the molecule is CC(Cl)C1(CCCS(C)(=O)=O)CC1. The number of hydrogen-bond donors (Lipinski definition) is 0. The number of hydrogen-bond acceptors (Lipinski definition) is 2. The van der Waals surface area contributed by atoms with E-state index < -0.39 is 9.84 Å². The summed E-state index contributed by atoms with van der Waals surface area (Å²) in [5, 5.41) is 0.187. The van der Waals surface area contributed by atoms with Gasteiger partial charge in [-0.1, -0.05) is 0 Å². The highest BCUT2D eigenvalue weighted by molar-refractivity contribution is 7.90. The van der Waals surface area contributed by atoms with Gasteiger partial charge in [0.15, 0.2) is 0 Å². The summed E-state index contributed by atoms with van der Waals surface area (Å²) in [5.74, 6) is 0.304. The molecule has 1 aliphatic carbocycles. The summed E-state index contributed by atoms with van der Waals surface area (Å²) in [6, 6.07) is 0. The van der Waals surface area contributed by atoms with Crippen molar-refractivity contribution in [2.75, 3.05) is 12.0 Å². The van der Waals surface area contributed by atoms with Crippen molar-refractivity contribution in [2.45, 2.75) is 38.0 Å². The molecule has 0 radical (unpaired) electrons. The van der Waals surface area contributed by atoms with Gasteiger partial charge in [-0.15, -0.1) is 11.6 Å². The van der Waals surface area contributed by atoms with Crippen LogP contribution in [-0.2, 0) is 9.84 Å². The van der Waals surface area contributed by atoms with Gasteiger partial charge in [0.05, 0.1) is 0 Å². The molecule has 0 spiro atoms. The summed E-state index contributed by atoms with van der Waals surface area (Å²) in [6.45, 7) is 2.01. The molecule has 0 aliphatic heterocycles. The molecule has 0 heterocycles. The third-order valence-electron chi connectivity index (χ3n) is 2.93. The van der Waals surface area contributed by atoms with Crippen molar-refractivity contribution in [1.29, 1.82) is 0 Å². The highest BCUT2D eigenvalue weighted by Gasteiger charge is 2.45. The average molecular weight is 225 g/mol. The van der Waals surface area contributed by atoms with Gasteiger partial charge >= 0.3 is 0 Å². The highest BCUT2D eigenvalue weighted by atomic mass is 35.5. The summed E-state index contributed by atoms with van der Waals surface area (Å²) >= 11 is 6.03. The molecule has 0 aromatic heterocycles. The van der Waals surface area contributed by atoms with Crippen LogP contribution in [0.5, 0.6) is 0 Å². The number of halogens is 1. The zero-order chi connectivity index (χ0) is 10.1. The van der Waals surface area contributed by atoms with Crippen LogP contribution >= 0.6 is 11.6 Å². The van der Waals surface area contributed by atoms with E-state index in [-0.39, 0.29) is 10.8 Å². The quantitative estimate of drug-likeness (QED) is 0.672. The second-order valence-electron chi connectivity index (χ2n) is 4.21. The maximum absolute atomic E-state index is 10.9. The molecular weight excluding hydrogens is 208 g/mol. The monoisotopic (exact) mass is 224 g/mol. The predicted octanol–water partition coefficient (Wildman–Crippen LogP) is 2.22. The zero-order valence-electron chi connectivity index (χ0n) is 8.22. The molecule has 0 N–H and O–H groups in total. The molecule has 1 atom stereocenters. The maximum Gasteiger partial charge on any atom is 0.147 e. The Morgan fingerprint density at radius 3 is 2.31 bits per heavy atom. The van der Waals surface area contributed by atoms with Crippen molar-refractivity contribution in [3.05, 3.63) is 0 Å². The van der Waals surface area contributed by atoms with E-state index in [0.29, 0.717) is 5.75 Å². The Kier molecular flexibility index (Phi) is 3.29. The Labute approximate surface area is 85.6 Å². The van der Waals surface area contributed by atoms with Gasteiger partial charge in [-0.2, -0.15) is 0 Å². The van der Waals surface area contributed by atoms with Gasteiger partial charge in [0.2, 0.25) is 0 Å². The van der Waals surface area contributed by atoms with Crippen molar-refractivity contribution in [3.63, 3.8) is 0 Å². The van der Waals surface area contributed by atoms with Crippen LogP contribution in [0.15, 0.2) is 0 Å². The summed E-state index contributed by atoms with van der Waals surface area (Å²) in [7, 11) is -2.79. The first-order valence-electron chi connectivity index (χ1n) is 4.68. The van der Waals surface area contributed by atoms with Crippen molar-refractivity contribution < 1.29 is 8.42 Å². The van der Waals surface area contributed by atoms with Crippen LogP contribution in [0.25, 0.3) is 0 Å². The number of sulfone groups is 1. The third kappa shape index (κ3) is 3.47. The van der Waals surface area contributed by atoms with E-state index in [2.05, 4.69) is 0 Å². The molecular formula is C9H17ClO2S. The molecule has 0 saturated heterocycles. The molecule has 0 aromatic carbocycles. The number of rotatable bonds is 5. The van der Waals surface area contributed by atoms with Gasteiger partial charge in [0, 0.05) is 17.4 Å². The average Bonchev–Trinajstić information content (AvgIpc) is 2.65. The maximum atomic E-state index is 10.9. The van der Waals surface area contributed by atoms with Gasteiger partial charge in [-0.05, 0) is 38.0 Å². The Balaban J connectivity index is 2.28. The minimum Gasteiger partial charge on any atom is -0.229 e. The lowest BCUT2D eigenvalue weighted by Gasteiger charge is -2.16. The molecule has 4 heteroatoms. The molecule has 1 saturated carbocycles. The van der Waals surface area contributed by atoms with Crippen LogP contribution in [-0.4, -0.2) is 25.8 Å². The normalized spacial score (nSPS) is 22.7. The fraction of sp³-hybridized carbons (Fsp3) is 1.00. The van der Waals surface area contributed by atoms with Crippen LogP contribution in [0, 0.1) is 5.41 Å². The first-order valence-corrected chi connectivity index (χ1v) is 7.17. The Hall–Kier alpha value is 0.240. The van der Waals surface area contributed by atoms with Crippen molar-refractivity contribution in [1.82, 2.24) is 0 Å². The summed E-state index contributed by atoms with van der Waals surface area (Å²) in [4.78, 5) is 0. The third-order valence-corrected chi connectivity index (χ3v) is 4.42. The zero-order valence-corrected chi connectivity index (χ0v) is 9.79. The first kappa shape index (κ1) is 11.3. The number of alkyl halides is 1. The lowest BCUT2D eigenvalue weighted by molar-refractivity contribution is 0.450. The second-order valence-corrected chi connectivity index (χ2v) is 7.13. The molecule has 78 valence electrons. The summed E-state index contributed by atoms with van der Waals surface area (Å²) in [6.07, 6.45) is 5.35. The Morgan fingerprint density at radius 1 is 1.46 bits per heavy atom. The van der Waals surface area contributed by atoms with Gasteiger partial charge in [0.25, 0.3) is 0 Å². The van der Waals surface area contributed by atoms with E-state index in [4.69, 9.17) is 11.6 Å². The predicted molar refractivity (Wildman–Crippen MR) is 55.9 cm³/mol. The molecule has 1 unspecified atom stereocenters. The standard InChI is InChI=1S/C9H17ClO2S/c1-8(10)9(5-6-9)4-3-7-13(2,11)12/h8H,3-7H2,1-2H3. The van der Waals surface area contributed by atoms with E-state index in [9.17, 15) is 8.42 Å². The van der Waals surface area contributed by atoms with Crippen LogP contribution < -0.4 is 0 Å². The van der Waals surface area contributed by atoms with Crippen LogP contribution in [0.4, 0.5) is 0 Å². The topological polar surface area (TPSA) is 34.1 Å². The molecule has 0 amide bonds. The van der Waals surface area contributed by atoms with E-state index >= 15 is 0 Å². The van der Waals surface area contributed by atoms with Gasteiger partial charge in [-0.3, -0.25) is 0 Å². The van der Waals surface area contributed by atoms with E-state index in [0.717, 1.165) is 12.8 Å². The first-order chi connectivity index (χ1) is 5.86. The molecule has 0 bridgehead atoms. The molecule has 2 nitrogen and oxygen atoms in total. The van der Waals surface area contributed by atoms with Gasteiger partial charge in [0.1, 0.15) is 9.84 Å². The van der Waals surface area contributed by atoms with Gasteiger partial charge < -0.3 is 0 Å². The van der Waals surface area contributed by atoms with Crippen molar-refractivity contribution in [2.24, 2.45) is 5.41 Å². The van der Waals surface area contributed by atoms with Crippen molar-refractivity contribution >= 4 is 21.4 Å². The summed E-state index contributed by atoms with van der Waals surface area (Å²) < 4.78 is 21.7. The molecule has 1 fully saturated rings. The smallest absolute Gasteiger partial charge is 0.147 e. The summed E-state index contributed by atoms with van der Waals surface area (Å²) in [5.41, 5.74) is 0.270. The van der Waals surface area contributed by atoms with Crippen molar-refractivity contribution in [3.8, 4) is 0 Å². The largest absolute Gasteiger partial charge is 0.229 e. The van der Waals surface area contributed by atoms with Crippen LogP contribution in [0.3, 0.4) is 0 Å². The van der Waals surface area contributed by atoms with E-state index in [1.54, 1.807) is 0 Å². The van der Waals surface area contributed by atoms with Crippen LogP contribution in [0.1, 0.15) is 32.6 Å². The lowest BCUT2D eigenvalue weighted by atomic mass is 9.97.